The molecule has 12 N–H and O–H groups in total. The number of benzene rings is 2. The van der Waals surface area contributed by atoms with Crippen molar-refractivity contribution in [3.8, 4) is 5.88 Å². The molecule has 0 spiro atoms. The van der Waals surface area contributed by atoms with Gasteiger partial charge < -0.3 is 38.1 Å². The van der Waals surface area contributed by atoms with E-state index in [1.165, 1.54) is 42.6 Å². The van der Waals surface area contributed by atoms with Gasteiger partial charge in [0.15, 0.2) is 28.6 Å². The fourth-order valence-electron chi connectivity index (χ4n) is 6.78. The minimum Gasteiger partial charge on any atom is -0.481 e. The fourth-order valence-corrected chi connectivity index (χ4v) is 8.21. The van der Waals surface area contributed by atoms with Gasteiger partial charge in [-0.3, -0.25) is 14.9 Å². The predicted molar refractivity (Wildman–Crippen MR) is 246 cm³/mol. The SMILES string of the molecule is Cc1cc(OC(=O)[C@@]2(NS(=O)(=O)c3ccc(N=Nc4cc(N=NC5C=CC=CC5)c(N)nc4N)cc3)CC2CC(=O)O)nc(NC(=O)c2ccc(NCc3cnc4nc(N)nc(N)c4n3)cc2)n1. The van der Waals surface area contributed by atoms with Crippen LogP contribution < -0.4 is 43.0 Å². The number of hydrogen-bond donors (Lipinski definition) is 8. The van der Waals surface area contributed by atoms with Crippen molar-refractivity contribution in [2.75, 3.05) is 33.6 Å². The molecule has 1 fully saturated rings. The summed E-state index contributed by atoms with van der Waals surface area (Å²) in [7, 11) is -4.48. The van der Waals surface area contributed by atoms with Crippen molar-refractivity contribution in [2.24, 2.45) is 26.4 Å². The maximum Gasteiger partial charge on any atom is 0.334 e. The van der Waals surface area contributed by atoms with E-state index >= 15 is 0 Å². The van der Waals surface area contributed by atoms with E-state index in [2.05, 4.69) is 70.7 Å². The van der Waals surface area contributed by atoms with Gasteiger partial charge in [-0.15, -0.1) is 5.11 Å². The van der Waals surface area contributed by atoms with Crippen molar-refractivity contribution in [1.82, 2.24) is 39.6 Å². The van der Waals surface area contributed by atoms with E-state index in [1.807, 2.05) is 24.3 Å². The van der Waals surface area contributed by atoms with Crippen LogP contribution in [0, 0.1) is 12.8 Å². The van der Waals surface area contributed by atoms with Crippen LogP contribution in [0.25, 0.3) is 11.2 Å². The average molecular weight is 941 g/mol. The quantitative estimate of drug-likeness (QED) is 0.0485. The second-order valence-electron chi connectivity index (χ2n) is 15.3. The van der Waals surface area contributed by atoms with Gasteiger partial charge in [0.1, 0.15) is 16.9 Å². The summed E-state index contributed by atoms with van der Waals surface area (Å²) in [5.41, 5.74) is 24.4. The highest BCUT2D eigenvalue weighted by Crippen LogP contribution is 2.48. The molecule has 346 valence electrons. The van der Waals surface area contributed by atoms with Crippen LogP contribution in [0.5, 0.6) is 5.88 Å². The van der Waals surface area contributed by atoms with E-state index in [4.69, 9.17) is 27.7 Å². The Morgan fingerprint density at radius 3 is 2.34 bits per heavy atom. The Kier molecular flexibility index (Phi) is 12.7. The number of nitrogen functional groups attached to an aromatic ring is 4. The smallest absolute Gasteiger partial charge is 0.334 e. The Bertz CT molecular complexity index is 3200. The first-order valence-corrected chi connectivity index (χ1v) is 21.9. The topological polar surface area (TPSA) is 395 Å². The van der Waals surface area contributed by atoms with E-state index in [1.54, 1.807) is 31.2 Å². The molecule has 4 aromatic heterocycles. The van der Waals surface area contributed by atoms with Gasteiger partial charge in [-0.2, -0.15) is 35.0 Å². The van der Waals surface area contributed by atoms with Crippen LogP contribution in [0.3, 0.4) is 0 Å². The molecule has 1 saturated carbocycles. The standard InChI is InChI=1S/C42H40N18O7S/c1-21-15-31(51-41(49-21)55-38(63)22-7-9-24(10-8-22)47-19-27-20-48-37-33(50-27)36(45)53-40(46)54-37)67-39(64)42(18-23(42)16-32(61)62)60-68(65,66)28-13-11-26(12-14-28)57-59-30-17-29(34(43)52-35(30)44)58-56-25-5-3-2-4-6-25/h2-5,7-15,17,20,23,25,47,60H,6,16,18-19H2,1H3,(H,61,62)(H4,43,44,52)(H,49,51,55,63)(H4,45,46,48,53,54)/t23?,25?,42-/m1/s1. The number of nitrogens with two attached hydrogens (primary N) is 4. The van der Waals surface area contributed by atoms with Crippen LogP contribution in [-0.2, 0) is 26.2 Å². The Morgan fingerprint density at radius 1 is 0.868 bits per heavy atom. The first-order chi connectivity index (χ1) is 32.5. The minimum absolute atomic E-state index is 0.0139. The molecule has 0 saturated heterocycles. The monoisotopic (exact) mass is 940 g/mol. The van der Waals surface area contributed by atoms with Gasteiger partial charge in [-0.1, -0.05) is 24.3 Å². The van der Waals surface area contributed by atoms with Crippen molar-refractivity contribution < 1.29 is 32.6 Å². The molecule has 25 nitrogen and oxygen atoms in total. The van der Waals surface area contributed by atoms with Crippen molar-refractivity contribution in [1.29, 1.82) is 0 Å². The summed E-state index contributed by atoms with van der Waals surface area (Å²) >= 11 is 0. The number of nitrogens with zero attached hydrogens (tertiary/aromatic N) is 11. The number of esters is 1. The van der Waals surface area contributed by atoms with Gasteiger partial charge in [0.25, 0.3) is 5.91 Å². The third kappa shape index (κ3) is 10.6. The lowest BCUT2D eigenvalue weighted by atomic mass is 10.1. The van der Waals surface area contributed by atoms with E-state index in [9.17, 15) is 27.9 Å². The van der Waals surface area contributed by atoms with Crippen molar-refractivity contribution in [2.45, 2.75) is 49.2 Å². The minimum atomic E-state index is -4.48. The number of allylic oxidation sites excluding steroid dienone is 2. The highest BCUT2D eigenvalue weighted by Gasteiger charge is 2.64. The number of aliphatic carboxylic acids is 1. The van der Waals surface area contributed by atoms with Crippen LogP contribution in [0.1, 0.15) is 41.0 Å². The molecule has 6 aromatic rings. The Hall–Kier alpha value is -8.91. The summed E-state index contributed by atoms with van der Waals surface area (Å²) < 4.78 is 35.4. The fraction of sp³-hybridized carbons (Fsp3) is 0.190. The highest BCUT2D eigenvalue weighted by atomic mass is 32.2. The lowest BCUT2D eigenvalue weighted by Gasteiger charge is -2.18. The van der Waals surface area contributed by atoms with E-state index in [-0.39, 0.29) is 93.1 Å². The van der Waals surface area contributed by atoms with Crippen molar-refractivity contribution in [3.63, 3.8) is 0 Å². The van der Waals surface area contributed by atoms with Crippen LogP contribution in [-0.4, -0.2) is 77.8 Å². The highest BCUT2D eigenvalue weighted by molar-refractivity contribution is 7.89. The summed E-state index contributed by atoms with van der Waals surface area (Å²) in [6.07, 6.45) is 9.07. The third-order valence-electron chi connectivity index (χ3n) is 10.3. The summed E-state index contributed by atoms with van der Waals surface area (Å²) in [6, 6.07) is 14.2. The molecule has 4 heterocycles. The Labute approximate surface area is 385 Å². The zero-order valence-electron chi connectivity index (χ0n) is 35.7. The van der Waals surface area contributed by atoms with Crippen molar-refractivity contribution in [3.05, 3.63) is 108 Å². The molecule has 3 atom stereocenters. The molecule has 8 rings (SSSR count). The molecule has 26 heteroatoms. The second-order valence-corrected chi connectivity index (χ2v) is 17.0. The maximum absolute atomic E-state index is 13.8. The number of nitrogens with one attached hydrogen (secondary N) is 3. The number of fused-ring (bicyclic) bond motifs is 1. The number of anilines is 6. The summed E-state index contributed by atoms with van der Waals surface area (Å²) in [5.74, 6) is -4.40. The lowest BCUT2D eigenvalue weighted by Crippen LogP contribution is -2.47. The zero-order valence-corrected chi connectivity index (χ0v) is 36.5. The molecular formula is C42H40N18O7S. The van der Waals surface area contributed by atoms with Gasteiger partial charge in [0.2, 0.25) is 27.8 Å². The largest absolute Gasteiger partial charge is 0.481 e. The molecule has 2 aliphatic carbocycles. The summed E-state index contributed by atoms with van der Waals surface area (Å²) in [6.45, 7) is 1.81. The average Bonchev–Trinajstić information content (AvgIpc) is 3.98. The predicted octanol–water partition coefficient (Wildman–Crippen LogP) is 4.61. The molecular weight excluding hydrogens is 901 g/mol. The molecule has 2 unspecified atom stereocenters. The number of azo groups is 2. The number of carboxylic acid groups (broad SMARTS) is 1. The molecule has 0 radical (unpaired) electrons. The molecule has 2 aromatic carbocycles. The molecule has 2 aliphatic rings. The number of aromatic nitrogens is 7. The normalized spacial score (nSPS) is 17.7. The summed E-state index contributed by atoms with van der Waals surface area (Å²) in [4.78, 5) is 67.5. The molecule has 1 amide bonds. The zero-order chi connectivity index (χ0) is 48.2. The first-order valence-electron chi connectivity index (χ1n) is 20.4. The number of rotatable bonds is 16. The Balaban J connectivity index is 0.905. The third-order valence-corrected chi connectivity index (χ3v) is 11.8. The lowest BCUT2D eigenvalue weighted by molar-refractivity contribution is -0.139. The number of carbonyl (C=O) groups is 3. The van der Waals surface area contributed by atoms with Gasteiger partial charge >= 0.3 is 11.9 Å². The van der Waals surface area contributed by atoms with E-state index < -0.39 is 45.7 Å². The molecule has 0 aliphatic heterocycles. The van der Waals surface area contributed by atoms with E-state index in [0.717, 1.165) is 0 Å². The number of ether oxygens (including phenoxy) is 1. The number of hydrogen-bond acceptors (Lipinski definition) is 22. The molecule has 68 heavy (non-hydrogen) atoms. The first kappa shape index (κ1) is 45.7. The Morgan fingerprint density at radius 2 is 1.62 bits per heavy atom. The number of carbonyl (C=O) groups excluding carboxylic acids is 2. The van der Waals surface area contributed by atoms with Crippen LogP contribution in [0.4, 0.5) is 52.1 Å². The van der Waals surface area contributed by atoms with Gasteiger partial charge in [-0.05, 0) is 68.3 Å². The number of sulfonamides is 1. The number of amides is 1. The maximum atomic E-state index is 13.8. The number of pyridine rings is 1. The van der Waals surface area contributed by atoms with Gasteiger partial charge in [0, 0.05) is 35.0 Å². The van der Waals surface area contributed by atoms with Gasteiger partial charge in [0.05, 0.1) is 41.5 Å². The van der Waals surface area contributed by atoms with Crippen LogP contribution in [0.2, 0.25) is 0 Å². The van der Waals surface area contributed by atoms with E-state index in [0.29, 0.717) is 23.3 Å². The van der Waals surface area contributed by atoms with Gasteiger partial charge in [-0.25, -0.2) is 33.1 Å². The molecule has 0 bridgehead atoms. The van der Waals surface area contributed by atoms with Crippen LogP contribution in [0.15, 0.2) is 117 Å². The van der Waals surface area contributed by atoms with Crippen molar-refractivity contribution >= 4 is 91.1 Å². The summed E-state index contributed by atoms with van der Waals surface area (Å²) in [5, 5.41) is 32.0. The number of aryl methyl sites for hydroxylation is 1. The second kappa shape index (κ2) is 18.9. The van der Waals surface area contributed by atoms with Crippen LogP contribution >= 0.6 is 0 Å². The number of carboxylic acids is 1.